The normalized spacial score (nSPS) is 31.3. The van der Waals surface area contributed by atoms with Gasteiger partial charge in [0.25, 0.3) is 0 Å². The van der Waals surface area contributed by atoms with Crippen LogP contribution in [0, 0.1) is 5.92 Å². The SMILES string of the molecule is CCN1c2ccc(O)cc2C2CN(C)CC2C1C. The van der Waals surface area contributed by atoms with E-state index in [1.54, 1.807) is 0 Å². The minimum Gasteiger partial charge on any atom is -0.508 e. The second-order valence-corrected chi connectivity index (χ2v) is 5.76. The summed E-state index contributed by atoms with van der Waals surface area (Å²) in [5.74, 6) is 1.66. The molecule has 0 bridgehead atoms. The summed E-state index contributed by atoms with van der Waals surface area (Å²) in [6.45, 7) is 7.87. The number of likely N-dealkylation sites (N-methyl/N-ethyl adjacent to an activating group) is 1. The van der Waals surface area contributed by atoms with E-state index in [1.807, 2.05) is 12.1 Å². The fourth-order valence-electron chi connectivity index (χ4n) is 3.86. The molecule has 0 saturated carbocycles. The van der Waals surface area contributed by atoms with Crippen LogP contribution < -0.4 is 4.90 Å². The van der Waals surface area contributed by atoms with Crippen LogP contribution in [0.1, 0.15) is 25.3 Å². The molecule has 2 aliphatic heterocycles. The van der Waals surface area contributed by atoms with E-state index in [4.69, 9.17) is 0 Å². The molecule has 0 aliphatic carbocycles. The number of rotatable bonds is 1. The highest BCUT2D eigenvalue weighted by Crippen LogP contribution is 2.46. The van der Waals surface area contributed by atoms with Crippen molar-refractivity contribution in [1.82, 2.24) is 4.90 Å². The number of hydrogen-bond donors (Lipinski definition) is 1. The lowest BCUT2D eigenvalue weighted by atomic mass is 9.79. The number of fused-ring (bicyclic) bond motifs is 3. The average Bonchev–Trinajstić information content (AvgIpc) is 2.73. The molecule has 3 rings (SSSR count). The Bertz CT molecular complexity index is 460. The van der Waals surface area contributed by atoms with Crippen LogP contribution in [-0.2, 0) is 0 Å². The van der Waals surface area contributed by atoms with Crippen molar-refractivity contribution in [3.63, 3.8) is 0 Å². The number of benzene rings is 1. The van der Waals surface area contributed by atoms with Gasteiger partial charge >= 0.3 is 0 Å². The van der Waals surface area contributed by atoms with Crippen LogP contribution in [0.4, 0.5) is 5.69 Å². The molecule has 0 radical (unpaired) electrons. The highest BCUT2D eigenvalue weighted by Gasteiger charge is 2.42. The Hall–Kier alpha value is -1.22. The van der Waals surface area contributed by atoms with E-state index in [1.165, 1.54) is 11.3 Å². The first-order valence-electron chi connectivity index (χ1n) is 6.90. The van der Waals surface area contributed by atoms with E-state index in [-0.39, 0.29) is 0 Å². The zero-order valence-corrected chi connectivity index (χ0v) is 11.4. The van der Waals surface area contributed by atoms with Gasteiger partial charge in [-0.15, -0.1) is 0 Å². The summed E-state index contributed by atoms with van der Waals surface area (Å²) in [5, 5.41) is 9.77. The van der Waals surface area contributed by atoms with Gasteiger partial charge in [0.05, 0.1) is 0 Å². The quantitative estimate of drug-likeness (QED) is 0.823. The zero-order chi connectivity index (χ0) is 12.9. The third kappa shape index (κ3) is 1.61. The van der Waals surface area contributed by atoms with Gasteiger partial charge in [-0.2, -0.15) is 0 Å². The molecule has 0 spiro atoms. The molecule has 1 fully saturated rings. The highest BCUT2D eigenvalue weighted by molar-refractivity contribution is 5.61. The lowest BCUT2D eigenvalue weighted by Crippen LogP contribution is -2.45. The van der Waals surface area contributed by atoms with Crippen molar-refractivity contribution in [3.05, 3.63) is 23.8 Å². The fraction of sp³-hybridized carbons (Fsp3) is 0.600. The summed E-state index contributed by atoms with van der Waals surface area (Å²) in [4.78, 5) is 4.90. The second kappa shape index (κ2) is 4.16. The third-order valence-electron chi connectivity index (χ3n) is 4.72. The van der Waals surface area contributed by atoms with E-state index in [0.717, 1.165) is 19.6 Å². The number of phenolic OH excluding ortho intramolecular Hbond substituents is 1. The Kier molecular flexibility index (Phi) is 2.74. The topological polar surface area (TPSA) is 26.7 Å². The molecule has 1 N–H and O–H groups in total. The van der Waals surface area contributed by atoms with Crippen molar-refractivity contribution in [3.8, 4) is 5.75 Å². The molecule has 3 nitrogen and oxygen atoms in total. The molecular formula is C15H22N2O. The lowest BCUT2D eigenvalue weighted by Gasteiger charge is -2.43. The van der Waals surface area contributed by atoms with Gasteiger partial charge in [-0.1, -0.05) is 0 Å². The maximum atomic E-state index is 9.77. The van der Waals surface area contributed by atoms with Crippen LogP contribution in [0.2, 0.25) is 0 Å². The van der Waals surface area contributed by atoms with Gasteiger partial charge in [-0.05, 0) is 50.6 Å². The van der Waals surface area contributed by atoms with Crippen LogP contribution in [-0.4, -0.2) is 42.7 Å². The summed E-state index contributed by atoms with van der Waals surface area (Å²) in [6, 6.07) is 6.45. The first-order valence-corrected chi connectivity index (χ1v) is 6.90. The Morgan fingerprint density at radius 3 is 2.83 bits per heavy atom. The monoisotopic (exact) mass is 246 g/mol. The van der Waals surface area contributed by atoms with Crippen LogP contribution in [0.3, 0.4) is 0 Å². The van der Waals surface area contributed by atoms with E-state index in [9.17, 15) is 5.11 Å². The fourth-order valence-corrected chi connectivity index (χ4v) is 3.86. The number of hydrogen-bond acceptors (Lipinski definition) is 3. The van der Waals surface area contributed by atoms with Crippen LogP contribution in [0.5, 0.6) is 5.75 Å². The Morgan fingerprint density at radius 2 is 2.11 bits per heavy atom. The van der Waals surface area contributed by atoms with Gasteiger partial charge in [-0.25, -0.2) is 0 Å². The summed E-state index contributed by atoms with van der Waals surface area (Å²) >= 11 is 0. The number of phenols is 1. The molecule has 3 heteroatoms. The van der Waals surface area contributed by atoms with Gasteiger partial charge < -0.3 is 14.9 Å². The van der Waals surface area contributed by atoms with Gasteiger partial charge in [0, 0.05) is 37.3 Å². The number of likely N-dealkylation sites (tertiary alicyclic amines) is 1. The molecule has 98 valence electrons. The van der Waals surface area contributed by atoms with Crippen LogP contribution >= 0.6 is 0 Å². The second-order valence-electron chi connectivity index (χ2n) is 5.76. The number of aromatic hydroxyl groups is 1. The van der Waals surface area contributed by atoms with Crippen LogP contribution in [0.25, 0.3) is 0 Å². The molecular weight excluding hydrogens is 224 g/mol. The smallest absolute Gasteiger partial charge is 0.116 e. The molecule has 2 aliphatic rings. The van der Waals surface area contributed by atoms with E-state index in [2.05, 4.69) is 36.8 Å². The Balaban J connectivity index is 2.10. The minimum atomic E-state index is 0.396. The van der Waals surface area contributed by atoms with E-state index >= 15 is 0 Å². The van der Waals surface area contributed by atoms with E-state index < -0.39 is 0 Å². The van der Waals surface area contributed by atoms with Gasteiger partial charge in [0.2, 0.25) is 0 Å². The largest absolute Gasteiger partial charge is 0.508 e. The first kappa shape index (κ1) is 11.8. The molecule has 2 heterocycles. The van der Waals surface area contributed by atoms with Gasteiger partial charge in [0.1, 0.15) is 5.75 Å². The highest BCUT2D eigenvalue weighted by atomic mass is 16.3. The van der Waals surface area contributed by atoms with Gasteiger partial charge in [0.15, 0.2) is 0 Å². The van der Waals surface area contributed by atoms with E-state index in [0.29, 0.717) is 23.6 Å². The lowest BCUT2D eigenvalue weighted by molar-refractivity contribution is 0.360. The maximum Gasteiger partial charge on any atom is 0.116 e. The Labute approximate surface area is 109 Å². The van der Waals surface area contributed by atoms with Crippen molar-refractivity contribution in [2.45, 2.75) is 25.8 Å². The van der Waals surface area contributed by atoms with Crippen molar-refractivity contribution >= 4 is 5.69 Å². The molecule has 1 saturated heterocycles. The molecule has 3 unspecified atom stereocenters. The molecule has 3 atom stereocenters. The number of anilines is 1. The predicted molar refractivity (Wildman–Crippen MR) is 74.3 cm³/mol. The van der Waals surface area contributed by atoms with Gasteiger partial charge in [-0.3, -0.25) is 0 Å². The molecule has 1 aromatic carbocycles. The molecule has 1 aromatic rings. The first-order chi connectivity index (χ1) is 8.61. The molecule has 0 amide bonds. The average molecular weight is 246 g/mol. The van der Waals surface area contributed by atoms with Crippen molar-refractivity contribution in [2.24, 2.45) is 5.92 Å². The summed E-state index contributed by atoms with van der Waals surface area (Å²) < 4.78 is 0. The summed E-state index contributed by atoms with van der Waals surface area (Å²) in [5.41, 5.74) is 2.66. The Morgan fingerprint density at radius 1 is 1.33 bits per heavy atom. The maximum absolute atomic E-state index is 9.77. The van der Waals surface area contributed by atoms with Crippen molar-refractivity contribution < 1.29 is 5.11 Å². The van der Waals surface area contributed by atoms with Crippen molar-refractivity contribution in [1.29, 1.82) is 0 Å². The van der Waals surface area contributed by atoms with Crippen LogP contribution in [0.15, 0.2) is 18.2 Å². The summed E-state index contributed by atoms with van der Waals surface area (Å²) in [6.07, 6.45) is 0. The third-order valence-corrected chi connectivity index (χ3v) is 4.72. The standard InChI is InChI=1S/C15H22N2O/c1-4-17-10(2)13-8-16(3)9-14(13)12-7-11(18)5-6-15(12)17/h5-7,10,13-14,18H,4,8-9H2,1-3H3. The van der Waals surface area contributed by atoms with Crippen molar-refractivity contribution in [2.75, 3.05) is 31.6 Å². The zero-order valence-electron chi connectivity index (χ0n) is 11.4. The summed E-state index contributed by atoms with van der Waals surface area (Å²) in [7, 11) is 2.20. The molecule has 0 aromatic heterocycles. The molecule has 18 heavy (non-hydrogen) atoms. The minimum absolute atomic E-state index is 0.396. The number of nitrogens with zero attached hydrogens (tertiary/aromatic N) is 2. The predicted octanol–water partition coefficient (Wildman–Crippen LogP) is 2.27.